The lowest BCUT2D eigenvalue weighted by Crippen LogP contribution is -2.16. The lowest BCUT2D eigenvalue weighted by molar-refractivity contribution is 0.102. The summed E-state index contributed by atoms with van der Waals surface area (Å²) in [5.41, 5.74) is 3.01. The van der Waals surface area contributed by atoms with Gasteiger partial charge in [-0.25, -0.2) is 4.98 Å². The Hall–Kier alpha value is -3.41. The zero-order chi connectivity index (χ0) is 15.6. The normalized spacial score (nSPS) is 10.8. The van der Waals surface area contributed by atoms with E-state index in [9.17, 15) is 4.79 Å². The van der Waals surface area contributed by atoms with Crippen LogP contribution >= 0.6 is 0 Å². The molecule has 1 amide bonds. The lowest BCUT2D eigenvalue weighted by atomic mass is 10.2. The number of rotatable bonds is 3. The molecule has 2 aromatic heterocycles. The number of nitrogens with zero attached hydrogens (tertiary/aromatic N) is 3. The smallest absolute Gasteiger partial charge is 0.274 e. The minimum atomic E-state index is -0.214. The molecule has 0 atom stereocenters. The number of imidazole rings is 1. The largest absolute Gasteiger partial charge is 0.321 e. The van der Waals surface area contributed by atoms with E-state index in [2.05, 4.69) is 20.5 Å². The fraction of sp³-hybridized carbons (Fsp3) is 0. The second-order valence-electron chi connectivity index (χ2n) is 5.11. The van der Waals surface area contributed by atoms with Gasteiger partial charge in [0, 0.05) is 16.8 Å². The average Bonchev–Trinajstić information content (AvgIpc) is 3.24. The van der Waals surface area contributed by atoms with Crippen LogP contribution in [0.15, 0.2) is 67.3 Å². The van der Waals surface area contributed by atoms with Gasteiger partial charge in [-0.05, 0) is 30.3 Å². The Morgan fingerprint density at radius 2 is 1.96 bits per heavy atom. The van der Waals surface area contributed by atoms with Crippen LogP contribution in [-0.2, 0) is 0 Å². The van der Waals surface area contributed by atoms with Gasteiger partial charge in [-0.15, -0.1) is 0 Å². The van der Waals surface area contributed by atoms with Crippen LogP contribution in [0.5, 0.6) is 0 Å². The first-order valence-electron chi connectivity index (χ1n) is 7.13. The summed E-state index contributed by atoms with van der Waals surface area (Å²) in [6.45, 7) is 0. The van der Waals surface area contributed by atoms with E-state index >= 15 is 0 Å². The summed E-state index contributed by atoms with van der Waals surface area (Å²) >= 11 is 0. The number of hydrogen-bond donors (Lipinski definition) is 2. The van der Waals surface area contributed by atoms with Gasteiger partial charge in [-0.3, -0.25) is 14.5 Å². The highest BCUT2D eigenvalue weighted by molar-refractivity contribution is 6.04. The molecule has 0 saturated carbocycles. The van der Waals surface area contributed by atoms with E-state index in [4.69, 9.17) is 0 Å². The third kappa shape index (κ3) is 2.46. The third-order valence-electron chi connectivity index (χ3n) is 3.60. The molecule has 4 rings (SSSR count). The van der Waals surface area contributed by atoms with Crippen molar-refractivity contribution in [2.24, 2.45) is 0 Å². The van der Waals surface area contributed by atoms with Crippen LogP contribution in [0.25, 0.3) is 16.6 Å². The van der Waals surface area contributed by atoms with Crippen LogP contribution in [0, 0.1) is 0 Å². The van der Waals surface area contributed by atoms with Gasteiger partial charge in [0.1, 0.15) is 5.69 Å². The lowest BCUT2D eigenvalue weighted by Gasteiger charge is -2.09. The predicted octanol–water partition coefficient (Wildman–Crippen LogP) is 3.00. The van der Waals surface area contributed by atoms with Crippen molar-refractivity contribution in [3.8, 4) is 5.69 Å². The first kappa shape index (κ1) is 13.3. The van der Waals surface area contributed by atoms with E-state index in [1.165, 1.54) is 0 Å². The maximum absolute atomic E-state index is 12.5. The quantitative estimate of drug-likeness (QED) is 0.611. The zero-order valence-corrected chi connectivity index (χ0v) is 12.1. The Kier molecular flexibility index (Phi) is 3.12. The number of carbonyl (C=O) groups is 1. The van der Waals surface area contributed by atoms with Crippen molar-refractivity contribution in [1.29, 1.82) is 0 Å². The standard InChI is InChI=1S/C17H13N5O/c23-17(20-13-6-7-15-12(8-13)9-19-21-15)16-10-18-11-22(16)14-4-2-1-3-5-14/h1-11H,(H,19,21)(H,20,23). The predicted molar refractivity (Wildman–Crippen MR) is 87.6 cm³/mol. The SMILES string of the molecule is O=C(Nc1ccc2[nH]ncc2c1)c1cncn1-c1ccccc1. The molecule has 2 N–H and O–H groups in total. The van der Waals surface area contributed by atoms with E-state index in [0.29, 0.717) is 11.4 Å². The van der Waals surface area contributed by atoms with Gasteiger partial charge in [-0.1, -0.05) is 18.2 Å². The molecule has 2 aromatic carbocycles. The highest BCUT2D eigenvalue weighted by atomic mass is 16.2. The van der Waals surface area contributed by atoms with Gasteiger partial charge < -0.3 is 5.32 Å². The molecule has 4 aromatic rings. The van der Waals surface area contributed by atoms with E-state index in [-0.39, 0.29) is 5.91 Å². The molecule has 0 bridgehead atoms. The molecule has 0 fully saturated rings. The van der Waals surface area contributed by atoms with Crippen LogP contribution in [0.3, 0.4) is 0 Å². The Labute approximate surface area is 131 Å². The van der Waals surface area contributed by atoms with Gasteiger partial charge >= 0.3 is 0 Å². The molecule has 0 aliphatic heterocycles. The Balaban J connectivity index is 1.64. The summed E-state index contributed by atoms with van der Waals surface area (Å²) in [6, 6.07) is 15.2. The van der Waals surface area contributed by atoms with E-state index in [0.717, 1.165) is 16.6 Å². The van der Waals surface area contributed by atoms with Crippen molar-refractivity contribution in [1.82, 2.24) is 19.7 Å². The highest BCUT2D eigenvalue weighted by Crippen LogP contribution is 2.18. The topological polar surface area (TPSA) is 75.6 Å². The van der Waals surface area contributed by atoms with Crippen LogP contribution in [0.2, 0.25) is 0 Å². The molecule has 112 valence electrons. The summed E-state index contributed by atoms with van der Waals surface area (Å²) in [5.74, 6) is -0.214. The number of nitrogens with one attached hydrogen (secondary N) is 2. The molecule has 0 spiro atoms. The molecule has 0 aliphatic rings. The van der Waals surface area contributed by atoms with Crippen LogP contribution < -0.4 is 5.32 Å². The van der Waals surface area contributed by atoms with Gasteiger partial charge in [0.2, 0.25) is 0 Å². The van der Waals surface area contributed by atoms with Crippen molar-refractivity contribution in [3.05, 3.63) is 72.9 Å². The first-order valence-corrected chi connectivity index (χ1v) is 7.13. The number of aromatic nitrogens is 4. The average molecular weight is 303 g/mol. The molecule has 2 heterocycles. The van der Waals surface area contributed by atoms with Crippen LogP contribution in [0.4, 0.5) is 5.69 Å². The minimum Gasteiger partial charge on any atom is -0.321 e. The number of para-hydroxylation sites is 1. The number of amides is 1. The third-order valence-corrected chi connectivity index (χ3v) is 3.60. The Morgan fingerprint density at radius 3 is 2.83 bits per heavy atom. The van der Waals surface area contributed by atoms with Gasteiger partial charge in [0.05, 0.1) is 24.2 Å². The monoisotopic (exact) mass is 303 g/mol. The van der Waals surface area contributed by atoms with E-state index in [1.54, 1.807) is 23.3 Å². The second kappa shape index (κ2) is 5.42. The molecule has 0 radical (unpaired) electrons. The van der Waals surface area contributed by atoms with Gasteiger partial charge in [0.25, 0.3) is 5.91 Å². The van der Waals surface area contributed by atoms with E-state index in [1.807, 2.05) is 48.5 Å². The summed E-state index contributed by atoms with van der Waals surface area (Å²) < 4.78 is 1.76. The fourth-order valence-electron chi connectivity index (χ4n) is 2.47. The number of aromatic amines is 1. The Morgan fingerprint density at radius 1 is 1.09 bits per heavy atom. The maximum Gasteiger partial charge on any atom is 0.274 e. The zero-order valence-electron chi connectivity index (χ0n) is 12.1. The van der Waals surface area contributed by atoms with Crippen molar-refractivity contribution < 1.29 is 4.79 Å². The molecule has 6 heteroatoms. The Bertz CT molecular complexity index is 971. The number of carbonyl (C=O) groups excluding carboxylic acids is 1. The molecule has 6 nitrogen and oxygen atoms in total. The molecule has 0 unspecified atom stereocenters. The first-order chi connectivity index (χ1) is 11.3. The molecular weight excluding hydrogens is 290 g/mol. The van der Waals surface area contributed by atoms with Crippen molar-refractivity contribution in [3.63, 3.8) is 0 Å². The van der Waals surface area contributed by atoms with Crippen molar-refractivity contribution in [2.45, 2.75) is 0 Å². The summed E-state index contributed by atoms with van der Waals surface area (Å²) in [6.07, 6.45) is 4.90. The van der Waals surface area contributed by atoms with Gasteiger partial charge in [0.15, 0.2) is 0 Å². The molecule has 0 saturated heterocycles. The minimum absolute atomic E-state index is 0.214. The maximum atomic E-state index is 12.5. The number of hydrogen-bond acceptors (Lipinski definition) is 3. The van der Waals surface area contributed by atoms with Gasteiger partial charge in [-0.2, -0.15) is 5.10 Å². The number of anilines is 1. The molecule has 23 heavy (non-hydrogen) atoms. The van der Waals surface area contributed by atoms with E-state index < -0.39 is 0 Å². The number of H-pyrrole nitrogens is 1. The highest BCUT2D eigenvalue weighted by Gasteiger charge is 2.13. The summed E-state index contributed by atoms with van der Waals surface area (Å²) in [4.78, 5) is 16.6. The van der Waals surface area contributed by atoms with Crippen molar-refractivity contribution >= 4 is 22.5 Å². The summed E-state index contributed by atoms with van der Waals surface area (Å²) in [5, 5.41) is 10.7. The second-order valence-corrected chi connectivity index (χ2v) is 5.11. The van der Waals surface area contributed by atoms with Crippen LogP contribution in [0.1, 0.15) is 10.5 Å². The van der Waals surface area contributed by atoms with Crippen molar-refractivity contribution in [2.75, 3.05) is 5.32 Å². The number of fused-ring (bicyclic) bond motifs is 1. The molecular formula is C17H13N5O. The fourth-order valence-corrected chi connectivity index (χ4v) is 2.47. The number of benzene rings is 2. The summed E-state index contributed by atoms with van der Waals surface area (Å²) in [7, 11) is 0. The molecule has 0 aliphatic carbocycles. The van der Waals surface area contributed by atoms with Crippen LogP contribution in [-0.4, -0.2) is 25.7 Å².